The standard InChI is InChI=1S/C15H18FN3O2/c16-13-3-1-12(2-4-13)15-17-14(21-18-15)9-19-7-5-11(10-20)6-8-19/h1-4,11,20H,5-10H2. The zero-order valence-corrected chi connectivity index (χ0v) is 11.7. The lowest BCUT2D eigenvalue weighted by atomic mass is 9.98. The van der Waals surface area contributed by atoms with Gasteiger partial charge in [-0.2, -0.15) is 4.98 Å². The minimum atomic E-state index is -0.283. The fourth-order valence-electron chi connectivity index (χ4n) is 2.55. The average Bonchev–Trinajstić information content (AvgIpc) is 2.97. The van der Waals surface area contributed by atoms with Crippen molar-refractivity contribution in [3.63, 3.8) is 0 Å². The molecular formula is C15H18FN3O2. The smallest absolute Gasteiger partial charge is 0.241 e. The predicted molar refractivity (Wildman–Crippen MR) is 74.8 cm³/mol. The number of aromatic nitrogens is 2. The fourth-order valence-corrected chi connectivity index (χ4v) is 2.55. The first kappa shape index (κ1) is 14.2. The van der Waals surface area contributed by atoms with Gasteiger partial charge in [0.2, 0.25) is 11.7 Å². The third-order valence-electron chi connectivity index (χ3n) is 3.89. The van der Waals surface area contributed by atoms with Crippen LogP contribution in [0.25, 0.3) is 11.4 Å². The van der Waals surface area contributed by atoms with Crippen LogP contribution in [-0.2, 0) is 6.54 Å². The van der Waals surface area contributed by atoms with Gasteiger partial charge in [0.05, 0.1) is 6.54 Å². The molecule has 0 radical (unpaired) electrons. The summed E-state index contributed by atoms with van der Waals surface area (Å²) in [4.78, 5) is 6.60. The van der Waals surface area contributed by atoms with Crippen LogP contribution in [0.15, 0.2) is 28.8 Å². The number of aliphatic hydroxyl groups excluding tert-OH is 1. The Kier molecular flexibility index (Phi) is 4.26. The second-order valence-electron chi connectivity index (χ2n) is 5.42. The van der Waals surface area contributed by atoms with Crippen molar-refractivity contribution in [2.75, 3.05) is 19.7 Å². The summed E-state index contributed by atoms with van der Waals surface area (Å²) in [6.45, 7) is 2.74. The fraction of sp³-hybridized carbons (Fsp3) is 0.467. The van der Waals surface area contributed by atoms with Gasteiger partial charge in [0, 0.05) is 12.2 Å². The predicted octanol–water partition coefficient (Wildman–Crippen LogP) is 2.08. The molecule has 1 fully saturated rings. The van der Waals surface area contributed by atoms with Crippen LogP contribution in [0.4, 0.5) is 4.39 Å². The van der Waals surface area contributed by atoms with E-state index in [1.165, 1.54) is 12.1 Å². The number of rotatable bonds is 4. The molecule has 1 saturated heterocycles. The molecule has 0 atom stereocenters. The third-order valence-corrected chi connectivity index (χ3v) is 3.89. The van der Waals surface area contributed by atoms with Crippen LogP contribution in [0.1, 0.15) is 18.7 Å². The zero-order valence-electron chi connectivity index (χ0n) is 11.7. The monoisotopic (exact) mass is 291 g/mol. The van der Waals surface area contributed by atoms with E-state index in [1.54, 1.807) is 12.1 Å². The van der Waals surface area contributed by atoms with Gasteiger partial charge in [-0.1, -0.05) is 5.16 Å². The van der Waals surface area contributed by atoms with Gasteiger partial charge in [-0.25, -0.2) is 4.39 Å². The van der Waals surface area contributed by atoms with Crippen molar-refractivity contribution in [3.05, 3.63) is 36.0 Å². The van der Waals surface area contributed by atoms with Crippen molar-refractivity contribution in [2.45, 2.75) is 19.4 Å². The highest BCUT2D eigenvalue weighted by Gasteiger charge is 2.20. The molecule has 2 heterocycles. The first-order valence-corrected chi connectivity index (χ1v) is 7.16. The summed E-state index contributed by atoms with van der Waals surface area (Å²) in [7, 11) is 0. The highest BCUT2D eigenvalue weighted by Crippen LogP contribution is 2.20. The first-order valence-electron chi connectivity index (χ1n) is 7.16. The summed E-state index contributed by atoms with van der Waals surface area (Å²) in [6, 6.07) is 6.03. The van der Waals surface area contributed by atoms with E-state index in [9.17, 15) is 4.39 Å². The molecule has 0 unspecified atom stereocenters. The Morgan fingerprint density at radius 2 is 1.95 bits per heavy atom. The lowest BCUT2D eigenvalue weighted by Gasteiger charge is -2.29. The highest BCUT2D eigenvalue weighted by molar-refractivity contribution is 5.53. The quantitative estimate of drug-likeness (QED) is 0.934. The van der Waals surface area contributed by atoms with E-state index in [2.05, 4.69) is 15.0 Å². The lowest BCUT2D eigenvalue weighted by molar-refractivity contribution is 0.119. The Balaban J connectivity index is 1.62. The Labute approximate surface area is 122 Å². The molecule has 1 aromatic carbocycles. The maximum atomic E-state index is 12.9. The lowest BCUT2D eigenvalue weighted by Crippen LogP contribution is -2.34. The van der Waals surface area contributed by atoms with Gasteiger partial charge in [-0.15, -0.1) is 0 Å². The van der Waals surface area contributed by atoms with Crippen LogP contribution in [0.2, 0.25) is 0 Å². The maximum absolute atomic E-state index is 12.9. The maximum Gasteiger partial charge on any atom is 0.241 e. The second kappa shape index (κ2) is 6.32. The van der Waals surface area contributed by atoms with Gasteiger partial charge >= 0.3 is 0 Å². The zero-order chi connectivity index (χ0) is 14.7. The van der Waals surface area contributed by atoms with E-state index in [0.717, 1.165) is 31.5 Å². The Morgan fingerprint density at radius 1 is 1.24 bits per heavy atom. The minimum Gasteiger partial charge on any atom is -0.396 e. The molecule has 0 amide bonds. The largest absolute Gasteiger partial charge is 0.396 e. The van der Waals surface area contributed by atoms with Gasteiger partial charge in [-0.05, 0) is 56.1 Å². The van der Waals surface area contributed by atoms with Crippen LogP contribution >= 0.6 is 0 Å². The van der Waals surface area contributed by atoms with E-state index < -0.39 is 0 Å². The summed E-state index contributed by atoms with van der Waals surface area (Å²) >= 11 is 0. The van der Waals surface area contributed by atoms with Crippen LogP contribution < -0.4 is 0 Å². The van der Waals surface area contributed by atoms with Crippen molar-refractivity contribution >= 4 is 0 Å². The number of hydrogen-bond donors (Lipinski definition) is 1. The normalized spacial score (nSPS) is 17.2. The van der Waals surface area contributed by atoms with E-state index >= 15 is 0 Å². The molecule has 112 valence electrons. The molecule has 6 heteroatoms. The second-order valence-corrected chi connectivity index (χ2v) is 5.42. The van der Waals surface area contributed by atoms with Gasteiger partial charge in [0.15, 0.2) is 0 Å². The number of likely N-dealkylation sites (tertiary alicyclic amines) is 1. The number of nitrogens with zero attached hydrogens (tertiary/aromatic N) is 3. The molecule has 0 saturated carbocycles. The van der Waals surface area contributed by atoms with Gasteiger partial charge in [0.1, 0.15) is 5.82 Å². The molecular weight excluding hydrogens is 273 g/mol. The molecule has 1 N–H and O–H groups in total. The van der Waals surface area contributed by atoms with Crippen molar-refractivity contribution in [3.8, 4) is 11.4 Å². The molecule has 5 nitrogen and oxygen atoms in total. The first-order chi connectivity index (χ1) is 10.2. The SMILES string of the molecule is OCC1CCN(Cc2nc(-c3ccc(F)cc3)no2)CC1. The number of halogens is 1. The van der Waals surface area contributed by atoms with Crippen molar-refractivity contribution in [1.29, 1.82) is 0 Å². The van der Waals surface area contributed by atoms with E-state index in [-0.39, 0.29) is 12.4 Å². The molecule has 0 bridgehead atoms. The summed E-state index contributed by atoms with van der Waals surface area (Å²) in [5.41, 5.74) is 0.741. The summed E-state index contributed by atoms with van der Waals surface area (Å²) in [5.74, 6) is 1.18. The van der Waals surface area contributed by atoms with E-state index in [0.29, 0.717) is 24.2 Å². The van der Waals surface area contributed by atoms with Crippen LogP contribution in [0, 0.1) is 11.7 Å². The number of aliphatic hydroxyl groups is 1. The molecule has 0 spiro atoms. The molecule has 1 aliphatic rings. The minimum absolute atomic E-state index is 0.267. The van der Waals surface area contributed by atoms with Crippen molar-refractivity contribution in [2.24, 2.45) is 5.92 Å². The third kappa shape index (κ3) is 3.46. The highest BCUT2D eigenvalue weighted by atomic mass is 19.1. The summed E-state index contributed by atoms with van der Waals surface area (Å²) < 4.78 is 18.1. The van der Waals surface area contributed by atoms with E-state index in [1.807, 2.05) is 0 Å². The van der Waals surface area contributed by atoms with Crippen molar-refractivity contribution in [1.82, 2.24) is 15.0 Å². The molecule has 1 aliphatic heterocycles. The van der Waals surface area contributed by atoms with Crippen molar-refractivity contribution < 1.29 is 14.0 Å². The topological polar surface area (TPSA) is 62.4 Å². The van der Waals surface area contributed by atoms with Gasteiger partial charge < -0.3 is 9.63 Å². The molecule has 0 aliphatic carbocycles. The Morgan fingerprint density at radius 3 is 2.62 bits per heavy atom. The summed E-state index contributed by atoms with van der Waals surface area (Å²) in [5, 5.41) is 13.1. The van der Waals surface area contributed by atoms with Crippen LogP contribution in [0.3, 0.4) is 0 Å². The van der Waals surface area contributed by atoms with Gasteiger partial charge in [-0.3, -0.25) is 4.90 Å². The number of hydrogen-bond acceptors (Lipinski definition) is 5. The molecule has 21 heavy (non-hydrogen) atoms. The molecule has 1 aromatic heterocycles. The average molecular weight is 291 g/mol. The van der Waals surface area contributed by atoms with Crippen LogP contribution in [-0.4, -0.2) is 39.8 Å². The Hall–Kier alpha value is -1.79. The number of benzene rings is 1. The molecule has 2 aromatic rings. The number of piperidine rings is 1. The Bertz CT molecular complexity index is 577. The summed E-state index contributed by atoms with van der Waals surface area (Å²) in [6.07, 6.45) is 1.99. The van der Waals surface area contributed by atoms with Gasteiger partial charge in [0.25, 0.3) is 0 Å². The molecule has 3 rings (SSSR count). The van der Waals surface area contributed by atoms with E-state index in [4.69, 9.17) is 9.63 Å². The van der Waals surface area contributed by atoms with Crippen LogP contribution in [0.5, 0.6) is 0 Å².